The van der Waals surface area contributed by atoms with Crippen LogP contribution in [0.25, 0.3) is 0 Å². The fraction of sp³-hybridized carbons (Fsp3) is 0.625. The van der Waals surface area contributed by atoms with E-state index in [9.17, 15) is 14.7 Å². The molecule has 1 aromatic heterocycles. The molecule has 0 fully saturated rings. The van der Waals surface area contributed by atoms with Gasteiger partial charge in [0, 0.05) is 4.88 Å². The topological polar surface area (TPSA) is 66.4 Å². The average Bonchev–Trinajstić information content (AvgIpc) is 2.80. The first-order valence-corrected chi connectivity index (χ1v) is 8.33. The van der Waals surface area contributed by atoms with Crippen molar-refractivity contribution >= 4 is 23.2 Å². The van der Waals surface area contributed by atoms with Crippen LogP contribution in [0, 0.1) is 11.8 Å². The van der Waals surface area contributed by atoms with E-state index in [1.807, 2.05) is 19.9 Å². The lowest BCUT2D eigenvalue weighted by molar-refractivity contribution is -0.139. The quantitative estimate of drug-likeness (QED) is 0.878. The van der Waals surface area contributed by atoms with Crippen LogP contribution in [-0.4, -0.2) is 23.0 Å². The van der Waals surface area contributed by atoms with Gasteiger partial charge < -0.3 is 10.4 Å². The number of hydrogen-bond donors (Lipinski definition) is 2. The Hall–Kier alpha value is -1.36. The molecule has 1 aromatic rings. The number of carbonyl (C=O) groups is 2. The van der Waals surface area contributed by atoms with Crippen molar-refractivity contribution in [3.63, 3.8) is 0 Å². The molecule has 1 heterocycles. The molecular weight excluding hydrogens is 286 g/mol. The number of fused-ring (bicyclic) bond motifs is 1. The van der Waals surface area contributed by atoms with Crippen LogP contribution in [0.5, 0.6) is 0 Å². The van der Waals surface area contributed by atoms with Crippen molar-refractivity contribution < 1.29 is 14.7 Å². The van der Waals surface area contributed by atoms with E-state index in [0.29, 0.717) is 17.2 Å². The Morgan fingerprint density at radius 2 is 2.19 bits per heavy atom. The maximum atomic E-state index is 12.3. The summed E-state index contributed by atoms with van der Waals surface area (Å²) >= 11 is 1.51. The summed E-state index contributed by atoms with van der Waals surface area (Å²) in [4.78, 5) is 25.4. The van der Waals surface area contributed by atoms with E-state index in [-0.39, 0.29) is 11.8 Å². The zero-order valence-electron chi connectivity index (χ0n) is 12.8. The molecule has 1 amide bonds. The Kier molecular flexibility index (Phi) is 5.04. The third-order valence-corrected chi connectivity index (χ3v) is 5.10. The lowest BCUT2D eigenvalue weighted by atomic mass is 9.90. The summed E-state index contributed by atoms with van der Waals surface area (Å²) in [5, 5.41) is 11.9. The number of carboxylic acid groups (broad SMARTS) is 1. The number of rotatable bonds is 5. The van der Waals surface area contributed by atoms with E-state index in [0.717, 1.165) is 12.8 Å². The molecule has 116 valence electrons. The van der Waals surface area contributed by atoms with E-state index in [1.54, 1.807) is 0 Å². The SMILES string of the molecule is CC(C)C[C@@H](NC(=O)c1cc2c(s1)CCC(C)C2)C(=O)O. The summed E-state index contributed by atoms with van der Waals surface area (Å²) in [5.74, 6) is -0.332. The van der Waals surface area contributed by atoms with Gasteiger partial charge in [-0.2, -0.15) is 0 Å². The second-order valence-corrected chi connectivity index (χ2v) is 7.54. The zero-order valence-corrected chi connectivity index (χ0v) is 13.6. The standard InChI is InChI=1S/C16H23NO3S/c1-9(2)6-12(16(19)20)17-15(18)14-8-11-7-10(3)4-5-13(11)21-14/h8-10,12H,4-7H2,1-3H3,(H,17,18)(H,19,20)/t10?,12-/m1/s1. The van der Waals surface area contributed by atoms with Crippen LogP contribution in [0.1, 0.15) is 53.7 Å². The number of aliphatic carboxylic acids is 1. The van der Waals surface area contributed by atoms with Crippen molar-refractivity contribution in [2.45, 2.75) is 52.5 Å². The molecule has 0 saturated heterocycles. The van der Waals surface area contributed by atoms with Crippen LogP contribution >= 0.6 is 11.3 Å². The molecule has 0 aliphatic heterocycles. The molecule has 0 spiro atoms. The number of nitrogens with one attached hydrogen (secondary N) is 1. The highest BCUT2D eigenvalue weighted by molar-refractivity contribution is 7.14. The number of hydrogen-bond acceptors (Lipinski definition) is 3. The monoisotopic (exact) mass is 309 g/mol. The van der Waals surface area contributed by atoms with Gasteiger partial charge in [0.1, 0.15) is 6.04 Å². The van der Waals surface area contributed by atoms with Crippen molar-refractivity contribution in [1.29, 1.82) is 0 Å². The summed E-state index contributed by atoms with van der Waals surface area (Å²) < 4.78 is 0. The van der Waals surface area contributed by atoms with Crippen molar-refractivity contribution in [2.24, 2.45) is 11.8 Å². The van der Waals surface area contributed by atoms with Gasteiger partial charge in [-0.25, -0.2) is 4.79 Å². The molecule has 2 N–H and O–H groups in total. The second kappa shape index (κ2) is 6.60. The molecule has 1 aliphatic carbocycles. The minimum Gasteiger partial charge on any atom is -0.480 e. The molecule has 0 saturated carbocycles. The fourth-order valence-electron chi connectivity index (χ4n) is 2.74. The van der Waals surface area contributed by atoms with Gasteiger partial charge in [0.05, 0.1) is 4.88 Å². The second-order valence-electron chi connectivity index (χ2n) is 6.40. The Morgan fingerprint density at radius 3 is 2.81 bits per heavy atom. The first-order chi connectivity index (χ1) is 9.86. The minimum absolute atomic E-state index is 0.226. The molecule has 1 aliphatic rings. The number of amides is 1. The van der Waals surface area contributed by atoms with Gasteiger partial charge >= 0.3 is 5.97 Å². The molecular formula is C16H23NO3S. The Labute approximate surface area is 129 Å². The maximum absolute atomic E-state index is 12.3. The fourth-order valence-corrected chi connectivity index (χ4v) is 3.85. The Bertz CT molecular complexity index is 536. The van der Waals surface area contributed by atoms with Crippen LogP contribution in [0.2, 0.25) is 0 Å². The number of aryl methyl sites for hydroxylation is 1. The number of carbonyl (C=O) groups excluding carboxylic acids is 1. The van der Waals surface area contributed by atoms with Crippen LogP contribution in [0.3, 0.4) is 0 Å². The highest BCUT2D eigenvalue weighted by atomic mass is 32.1. The van der Waals surface area contributed by atoms with E-state index < -0.39 is 12.0 Å². The molecule has 0 aromatic carbocycles. The van der Waals surface area contributed by atoms with Gasteiger partial charge in [0.25, 0.3) is 5.91 Å². The van der Waals surface area contributed by atoms with Crippen molar-refractivity contribution in [2.75, 3.05) is 0 Å². The molecule has 1 unspecified atom stereocenters. The van der Waals surface area contributed by atoms with Crippen LogP contribution < -0.4 is 5.32 Å². The smallest absolute Gasteiger partial charge is 0.326 e. The summed E-state index contributed by atoms with van der Waals surface area (Å²) in [5.41, 5.74) is 1.26. The third kappa shape index (κ3) is 4.06. The maximum Gasteiger partial charge on any atom is 0.326 e. The van der Waals surface area contributed by atoms with E-state index >= 15 is 0 Å². The summed E-state index contributed by atoms with van der Waals surface area (Å²) in [7, 11) is 0. The largest absolute Gasteiger partial charge is 0.480 e. The molecule has 5 heteroatoms. The van der Waals surface area contributed by atoms with E-state index in [2.05, 4.69) is 12.2 Å². The molecule has 2 atom stereocenters. The van der Waals surface area contributed by atoms with Crippen molar-refractivity contribution in [3.8, 4) is 0 Å². The number of carboxylic acids is 1. The molecule has 4 nitrogen and oxygen atoms in total. The van der Waals surface area contributed by atoms with Crippen LogP contribution in [-0.2, 0) is 17.6 Å². The first-order valence-electron chi connectivity index (χ1n) is 7.52. The molecule has 21 heavy (non-hydrogen) atoms. The Morgan fingerprint density at radius 1 is 1.48 bits per heavy atom. The van der Waals surface area contributed by atoms with Gasteiger partial charge in [-0.15, -0.1) is 11.3 Å². The highest BCUT2D eigenvalue weighted by Crippen LogP contribution is 2.32. The van der Waals surface area contributed by atoms with Gasteiger partial charge in [0.15, 0.2) is 0 Å². The van der Waals surface area contributed by atoms with E-state index in [4.69, 9.17) is 0 Å². The zero-order chi connectivity index (χ0) is 15.6. The van der Waals surface area contributed by atoms with Crippen LogP contribution in [0.4, 0.5) is 0 Å². The van der Waals surface area contributed by atoms with E-state index in [1.165, 1.54) is 28.2 Å². The molecule has 0 radical (unpaired) electrons. The van der Waals surface area contributed by atoms with Crippen LogP contribution in [0.15, 0.2) is 6.07 Å². The lowest BCUT2D eigenvalue weighted by Gasteiger charge is -2.16. The summed E-state index contributed by atoms with van der Waals surface area (Å²) in [6, 6.07) is 1.13. The summed E-state index contributed by atoms with van der Waals surface area (Å²) in [6.07, 6.45) is 3.67. The van der Waals surface area contributed by atoms with Crippen molar-refractivity contribution in [1.82, 2.24) is 5.32 Å². The van der Waals surface area contributed by atoms with Crippen molar-refractivity contribution in [3.05, 3.63) is 21.4 Å². The predicted molar refractivity (Wildman–Crippen MR) is 83.9 cm³/mol. The minimum atomic E-state index is -0.966. The highest BCUT2D eigenvalue weighted by Gasteiger charge is 2.25. The van der Waals surface area contributed by atoms with Gasteiger partial charge in [-0.1, -0.05) is 20.8 Å². The van der Waals surface area contributed by atoms with Gasteiger partial charge in [-0.05, 0) is 49.1 Å². The normalized spacial score (nSPS) is 19.1. The molecule has 2 rings (SSSR count). The van der Waals surface area contributed by atoms with Gasteiger partial charge in [-0.3, -0.25) is 4.79 Å². The first kappa shape index (κ1) is 16.0. The number of thiophene rings is 1. The van der Waals surface area contributed by atoms with Gasteiger partial charge in [0.2, 0.25) is 0 Å². The third-order valence-electron chi connectivity index (χ3n) is 3.86. The summed E-state index contributed by atoms with van der Waals surface area (Å²) in [6.45, 7) is 6.13. The predicted octanol–water partition coefficient (Wildman–Crippen LogP) is 3.10. The Balaban J connectivity index is 2.07. The molecule has 0 bridgehead atoms. The average molecular weight is 309 g/mol. The lowest BCUT2D eigenvalue weighted by Crippen LogP contribution is -2.41.